The van der Waals surface area contributed by atoms with Gasteiger partial charge in [-0.15, -0.1) is 0 Å². The average Bonchev–Trinajstić information content (AvgIpc) is 2.64. The van der Waals surface area contributed by atoms with E-state index >= 15 is 0 Å². The van der Waals surface area contributed by atoms with Crippen molar-refractivity contribution in [1.29, 1.82) is 0 Å². The molecule has 0 unspecified atom stereocenters. The quantitative estimate of drug-likeness (QED) is 0.830. The van der Waals surface area contributed by atoms with Crippen LogP contribution in [-0.2, 0) is 7.05 Å². The van der Waals surface area contributed by atoms with Gasteiger partial charge in [0, 0.05) is 24.6 Å². The summed E-state index contributed by atoms with van der Waals surface area (Å²) >= 11 is 0. The van der Waals surface area contributed by atoms with Gasteiger partial charge in [0.15, 0.2) is 11.4 Å². The van der Waals surface area contributed by atoms with E-state index in [-0.39, 0.29) is 12.3 Å². The molecule has 0 spiro atoms. The van der Waals surface area contributed by atoms with Crippen LogP contribution in [0, 0.1) is 5.41 Å². The van der Waals surface area contributed by atoms with Crippen LogP contribution in [0.5, 0.6) is 0 Å². The van der Waals surface area contributed by atoms with Crippen LogP contribution in [0.25, 0.3) is 11.1 Å². The number of aromatic nitrogens is 1. The molecule has 0 radical (unpaired) electrons. The number of nitrogens with two attached hydrogens (primary N) is 1. The van der Waals surface area contributed by atoms with Gasteiger partial charge < -0.3 is 10.2 Å². The Labute approximate surface area is 104 Å². The van der Waals surface area contributed by atoms with E-state index in [1.54, 1.807) is 39.1 Å². The van der Waals surface area contributed by atoms with Crippen LogP contribution in [-0.4, -0.2) is 16.9 Å². The summed E-state index contributed by atoms with van der Waals surface area (Å²) in [6, 6.07) is 4.96. The van der Waals surface area contributed by atoms with Crippen molar-refractivity contribution in [2.75, 3.05) is 6.54 Å². The molecule has 0 aliphatic heterocycles. The number of ketones is 1. The molecule has 0 saturated carbocycles. The Hall–Kier alpha value is -1.88. The third kappa shape index (κ3) is 1.86. The summed E-state index contributed by atoms with van der Waals surface area (Å²) in [4.78, 5) is 23.6. The third-order valence-electron chi connectivity index (χ3n) is 3.18. The largest absolute Gasteiger partial charge is 0.419 e. The van der Waals surface area contributed by atoms with E-state index in [1.807, 2.05) is 0 Å². The van der Waals surface area contributed by atoms with Crippen LogP contribution in [0.1, 0.15) is 24.2 Å². The molecule has 2 aromatic rings. The van der Waals surface area contributed by atoms with Gasteiger partial charge in [0.05, 0.1) is 5.52 Å². The highest BCUT2D eigenvalue weighted by molar-refractivity contribution is 6.02. The van der Waals surface area contributed by atoms with Crippen molar-refractivity contribution in [3.8, 4) is 0 Å². The smallest absolute Gasteiger partial charge is 0.408 e. The minimum absolute atomic E-state index is 0.0412. The van der Waals surface area contributed by atoms with Gasteiger partial charge in [-0.1, -0.05) is 13.8 Å². The Morgan fingerprint density at radius 3 is 2.72 bits per heavy atom. The number of aryl methyl sites for hydroxylation is 1. The first-order chi connectivity index (χ1) is 8.36. The molecule has 5 heteroatoms. The third-order valence-corrected chi connectivity index (χ3v) is 3.18. The van der Waals surface area contributed by atoms with E-state index in [1.165, 1.54) is 4.57 Å². The van der Waals surface area contributed by atoms with E-state index in [4.69, 9.17) is 10.2 Å². The lowest BCUT2D eigenvalue weighted by Gasteiger charge is -2.20. The lowest BCUT2D eigenvalue weighted by molar-refractivity contribution is 0.0847. The zero-order valence-corrected chi connectivity index (χ0v) is 10.7. The standard InChI is InChI=1S/C13H16N2O3/c1-13(2,7-14)11(16)8-4-5-10-9(6-8)15(3)12(17)18-10/h4-6H,7,14H2,1-3H3. The van der Waals surface area contributed by atoms with Crippen molar-refractivity contribution < 1.29 is 9.21 Å². The lowest BCUT2D eigenvalue weighted by atomic mass is 9.84. The van der Waals surface area contributed by atoms with E-state index in [9.17, 15) is 9.59 Å². The van der Waals surface area contributed by atoms with Gasteiger partial charge >= 0.3 is 5.76 Å². The maximum Gasteiger partial charge on any atom is 0.419 e. The number of hydrogen-bond acceptors (Lipinski definition) is 4. The highest BCUT2D eigenvalue weighted by Crippen LogP contribution is 2.23. The number of carbonyl (C=O) groups is 1. The second-order valence-electron chi connectivity index (χ2n) is 5.03. The normalized spacial score (nSPS) is 12.0. The van der Waals surface area contributed by atoms with Crippen molar-refractivity contribution in [2.45, 2.75) is 13.8 Å². The van der Waals surface area contributed by atoms with Crippen molar-refractivity contribution in [3.05, 3.63) is 34.3 Å². The van der Waals surface area contributed by atoms with E-state index in [2.05, 4.69) is 0 Å². The number of fused-ring (bicyclic) bond motifs is 1. The van der Waals surface area contributed by atoms with Gasteiger partial charge in [0.25, 0.3) is 0 Å². The summed E-state index contributed by atoms with van der Waals surface area (Å²) < 4.78 is 6.39. The first-order valence-corrected chi connectivity index (χ1v) is 5.71. The molecule has 0 aliphatic carbocycles. The molecule has 1 aromatic carbocycles. The molecule has 2 rings (SSSR count). The SMILES string of the molecule is Cn1c(=O)oc2ccc(C(=O)C(C)(C)CN)cc21. The molecule has 2 N–H and O–H groups in total. The molecule has 0 bridgehead atoms. The van der Waals surface area contributed by atoms with E-state index < -0.39 is 11.2 Å². The molecule has 0 saturated heterocycles. The molecule has 0 atom stereocenters. The van der Waals surface area contributed by atoms with Gasteiger partial charge in [0.2, 0.25) is 0 Å². The number of benzene rings is 1. The minimum atomic E-state index is -0.615. The maximum atomic E-state index is 12.3. The predicted octanol–water partition coefficient (Wildman–Crippen LogP) is 1.30. The number of oxazole rings is 1. The van der Waals surface area contributed by atoms with E-state index in [0.29, 0.717) is 16.7 Å². The maximum absolute atomic E-state index is 12.3. The lowest BCUT2D eigenvalue weighted by Crippen LogP contribution is -2.32. The van der Waals surface area contributed by atoms with Crippen LogP contribution in [0.4, 0.5) is 0 Å². The molecule has 0 fully saturated rings. The number of carbonyl (C=O) groups excluding carboxylic acids is 1. The number of Topliss-reactive ketones (excluding diaryl/α,β-unsaturated/α-hetero) is 1. The second-order valence-corrected chi connectivity index (χ2v) is 5.03. The second kappa shape index (κ2) is 4.10. The monoisotopic (exact) mass is 248 g/mol. The fraction of sp³-hybridized carbons (Fsp3) is 0.385. The Bertz CT molecular complexity index is 664. The first kappa shape index (κ1) is 12.6. The number of nitrogens with zero attached hydrogens (tertiary/aromatic N) is 1. The molecular formula is C13H16N2O3. The predicted molar refractivity (Wildman–Crippen MR) is 68.6 cm³/mol. The summed E-state index contributed by atoms with van der Waals surface area (Å²) in [5.74, 6) is -0.478. The van der Waals surface area contributed by atoms with Gasteiger partial charge in [-0.3, -0.25) is 9.36 Å². The van der Waals surface area contributed by atoms with Crippen LogP contribution in [0.2, 0.25) is 0 Å². The fourth-order valence-electron chi connectivity index (χ4n) is 1.75. The molecule has 96 valence electrons. The summed E-state index contributed by atoms with van der Waals surface area (Å²) in [5, 5.41) is 0. The van der Waals surface area contributed by atoms with Gasteiger partial charge in [0.1, 0.15) is 0 Å². The Kier molecular flexibility index (Phi) is 2.86. The highest BCUT2D eigenvalue weighted by Gasteiger charge is 2.27. The van der Waals surface area contributed by atoms with Crippen LogP contribution in [0.15, 0.2) is 27.4 Å². The van der Waals surface area contributed by atoms with Gasteiger partial charge in [-0.25, -0.2) is 4.79 Å². The Morgan fingerprint density at radius 2 is 2.11 bits per heavy atom. The summed E-state index contributed by atoms with van der Waals surface area (Å²) in [6.07, 6.45) is 0. The average molecular weight is 248 g/mol. The number of rotatable bonds is 3. The van der Waals surface area contributed by atoms with Crippen molar-refractivity contribution in [3.63, 3.8) is 0 Å². The molecule has 1 heterocycles. The van der Waals surface area contributed by atoms with Crippen LogP contribution in [0.3, 0.4) is 0 Å². The van der Waals surface area contributed by atoms with Crippen LogP contribution >= 0.6 is 0 Å². The molecule has 1 aromatic heterocycles. The van der Waals surface area contributed by atoms with Crippen molar-refractivity contribution in [2.24, 2.45) is 18.2 Å². The fourth-order valence-corrected chi connectivity index (χ4v) is 1.75. The van der Waals surface area contributed by atoms with Gasteiger partial charge in [-0.05, 0) is 18.2 Å². The zero-order chi connectivity index (χ0) is 13.5. The molecule has 18 heavy (non-hydrogen) atoms. The van der Waals surface area contributed by atoms with Gasteiger partial charge in [-0.2, -0.15) is 0 Å². The Balaban J connectivity index is 2.57. The first-order valence-electron chi connectivity index (χ1n) is 5.71. The van der Waals surface area contributed by atoms with Crippen molar-refractivity contribution in [1.82, 2.24) is 4.57 Å². The topological polar surface area (TPSA) is 78.2 Å². The summed E-state index contributed by atoms with van der Waals surface area (Å²) in [6.45, 7) is 3.87. The Morgan fingerprint density at radius 1 is 1.44 bits per heavy atom. The number of hydrogen-bond donors (Lipinski definition) is 1. The minimum Gasteiger partial charge on any atom is -0.408 e. The zero-order valence-electron chi connectivity index (χ0n) is 10.7. The highest BCUT2D eigenvalue weighted by atomic mass is 16.4. The van der Waals surface area contributed by atoms with Crippen LogP contribution < -0.4 is 11.5 Å². The molecule has 0 aliphatic rings. The summed E-state index contributed by atoms with van der Waals surface area (Å²) in [7, 11) is 1.61. The van der Waals surface area contributed by atoms with Crippen molar-refractivity contribution >= 4 is 16.9 Å². The molecule has 0 amide bonds. The summed E-state index contributed by atoms with van der Waals surface area (Å²) in [5.41, 5.74) is 6.60. The molecule has 5 nitrogen and oxygen atoms in total. The molecular weight excluding hydrogens is 232 g/mol. The van der Waals surface area contributed by atoms with E-state index in [0.717, 1.165) is 0 Å².